The van der Waals surface area contributed by atoms with Gasteiger partial charge < -0.3 is 0 Å². The number of nitrogens with one attached hydrogen (secondary N) is 1. The predicted octanol–water partition coefficient (Wildman–Crippen LogP) is 1.34. The summed E-state index contributed by atoms with van der Waals surface area (Å²) in [6.45, 7) is 0. The number of hydrogen-bond donors (Lipinski definition) is 1. The fraction of sp³-hybridized carbons (Fsp3) is 0. The molecule has 15 heavy (non-hydrogen) atoms. The van der Waals surface area contributed by atoms with Crippen molar-refractivity contribution < 1.29 is 0 Å². The zero-order valence-electron chi connectivity index (χ0n) is 7.92. The molecule has 0 amide bonds. The SMILES string of the molecule is O=c1ccc(C=Cc2ccncc2)n[nH]1. The molecule has 0 fully saturated rings. The topological polar surface area (TPSA) is 58.6 Å². The summed E-state index contributed by atoms with van der Waals surface area (Å²) in [6, 6.07) is 6.89. The van der Waals surface area contributed by atoms with Gasteiger partial charge in [-0.05, 0) is 29.8 Å². The van der Waals surface area contributed by atoms with E-state index < -0.39 is 0 Å². The van der Waals surface area contributed by atoms with Crippen LogP contribution in [0, 0.1) is 0 Å². The third kappa shape index (κ3) is 2.60. The van der Waals surface area contributed by atoms with Crippen LogP contribution in [0.3, 0.4) is 0 Å². The van der Waals surface area contributed by atoms with Crippen LogP contribution in [0.5, 0.6) is 0 Å². The molecule has 0 aliphatic heterocycles. The number of aromatic nitrogens is 3. The molecule has 2 aromatic heterocycles. The molecule has 4 heteroatoms. The lowest BCUT2D eigenvalue weighted by molar-refractivity contribution is 0.977. The van der Waals surface area contributed by atoms with E-state index in [1.165, 1.54) is 6.07 Å². The van der Waals surface area contributed by atoms with Crippen molar-refractivity contribution in [1.29, 1.82) is 0 Å². The van der Waals surface area contributed by atoms with Gasteiger partial charge in [-0.2, -0.15) is 5.10 Å². The van der Waals surface area contributed by atoms with Gasteiger partial charge in [0.2, 0.25) is 0 Å². The molecule has 0 saturated heterocycles. The molecule has 2 heterocycles. The van der Waals surface area contributed by atoms with Gasteiger partial charge in [0, 0.05) is 18.5 Å². The van der Waals surface area contributed by atoms with Crippen molar-refractivity contribution in [2.75, 3.05) is 0 Å². The molecule has 0 aliphatic rings. The molecule has 1 N–H and O–H groups in total. The van der Waals surface area contributed by atoms with E-state index in [4.69, 9.17) is 0 Å². The first-order valence-electron chi connectivity index (χ1n) is 4.48. The smallest absolute Gasteiger partial charge is 0.264 e. The maximum absolute atomic E-state index is 10.7. The molecule has 0 radical (unpaired) electrons. The summed E-state index contributed by atoms with van der Waals surface area (Å²) in [4.78, 5) is 14.7. The third-order valence-electron chi connectivity index (χ3n) is 1.85. The Kier molecular flexibility index (Phi) is 2.69. The number of nitrogens with zero attached hydrogens (tertiary/aromatic N) is 2. The number of H-pyrrole nitrogens is 1. The second-order valence-corrected chi connectivity index (χ2v) is 2.96. The van der Waals surface area contributed by atoms with Crippen molar-refractivity contribution in [3.63, 3.8) is 0 Å². The van der Waals surface area contributed by atoms with Gasteiger partial charge in [-0.1, -0.05) is 6.08 Å². The van der Waals surface area contributed by atoms with Crippen LogP contribution in [-0.2, 0) is 0 Å². The minimum Gasteiger partial charge on any atom is -0.268 e. The molecule has 0 unspecified atom stereocenters. The maximum Gasteiger partial charge on any atom is 0.264 e. The monoisotopic (exact) mass is 199 g/mol. The van der Waals surface area contributed by atoms with Crippen LogP contribution in [0.15, 0.2) is 41.5 Å². The molecular weight excluding hydrogens is 190 g/mol. The highest BCUT2D eigenvalue weighted by atomic mass is 16.1. The van der Waals surface area contributed by atoms with Crippen molar-refractivity contribution in [1.82, 2.24) is 15.2 Å². The van der Waals surface area contributed by atoms with Crippen molar-refractivity contribution in [3.8, 4) is 0 Å². The lowest BCUT2D eigenvalue weighted by Crippen LogP contribution is -2.05. The van der Waals surface area contributed by atoms with Gasteiger partial charge in [-0.25, -0.2) is 5.10 Å². The van der Waals surface area contributed by atoms with Gasteiger partial charge in [-0.3, -0.25) is 9.78 Å². The molecule has 0 saturated carbocycles. The van der Waals surface area contributed by atoms with Crippen LogP contribution in [-0.4, -0.2) is 15.2 Å². The van der Waals surface area contributed by atoms with Gasteiger partial charge >= 0.3 is 0 Å². The van der Waals surface area contributed by atoms with E-state index in [9.17, 15) is 4.79 Å². The summed E-state index contributed by atoms with van der Waals surface area (Å²) in [5.74, 6) is 0. The molecule has 0 bridgehead atoms. The largest absolute Gasteiger partial charge is 0.268 e. The van der Waals surface area contributed by atoms with Crippen LogP contribution >= 0.6 is 0 Å². The first-order chi connectivity index (χ1) is 7.34. The maximum atomic E-state index is 10.7. The quantitative estimate of drug-likeness (QED) is 0.793. The Morgan fingerprint density at radius 1 is 1.07 bits per heavy atom. The lowest BCUT2D eigenvalue weighted by atomic mass is 10.2. The summed E-state index contributed by atoms with van der Waals surface area (Å²) >= 11 is 0. The average Bonchev–Trinajstić information content (AvgIpc) is 2.30. The summed E-state index contributed by atoms with van der Waals surface area (Å²) in [5, 5.41) is 6.22. The minimum atomic E-state index is -0.198. The highest BCUT2D eigenvalue weighted by Crippen LogP contribution is 2.02. The van der Waals surface area contributed by atoms with Crippen molar-refractivity contribution in [2.45, 2.75) is 0 Å². The normalized spacial score (nSPS) is 10.7. The first kappa shape index (κ1) is 9.33. The summed E-state index contributed by atoms with van der Waals surface area (Å²) in [6.07, 6.45) is 7.17. The average molecular weight is 199 g/mol. The number of hydrogen-bond acceptors (Lipinski definition) is 3. The van der Waals surface area contributed by atoms with Gasteiger partial charge in [0.15, 0.2) is 0 Å². The van der Waals surface area contributed by atoms with E-state index in [2.05, 4.69) is 15.2 Å². The van der Waals surface area contributed by atoms with Gasteiger partial charge in [-0.15, -0.1) is 0 Å². The van der Waals surface area contributed by atoms with Gasteiger partial charge in [0.25, 0.3) is 5.56 Å². The van der Waals surface area contributed by atoms with E-state index in [-0.39, 0.29) is 5.56 Å². The van der Waals surface area contributed by atoms with Gasteiger partial charge in [0.1, 0.15) is 0 Å². The van der Waals surface area contributed by atoms with Crippen LogP contribution in [0.25, 0.3) is 12.2 Å². The highest BCUT2D eigenvalue weighted by molar-refractivity contribution is 5.67. The Morgan fingerprint density at radius 2 is 1.87 bits per heavy atom. The van der Waals surface area contributed by atoms with Crippen LogP contribution < -0.4 is 5.56 Å². The molecule has 0 aromatic carbocycles. The summed E-state index contributed by atoms with van der Waals surface area (Å²) in [7, 11) is 0. The van der Waals surface area contributed by atoms with Crippen molar-refractivity contribution in [2.24, 2.45) is 0 Å². The van der Waals surface area contributed by atoms with E-state index >= 15 is 0 Å². The van der Waals surface area contributed by atoms with E-state index in [0.717, 1.165) is 5.56 Å². The van der Waals surface area contributed by atoms with E-state index in [0.29, 0.717) is 5.69 Å². The Balaban J connectivity index is 2.19. The van der Waals surface area contributed by atoms with E-state index in [1.807, 2.05) is 24.3 Å². The second-order valence-electron chi connectivity index (χ2n) is 2.96. The molecular formula is C11H9N3O. The zero-order valence-corrected chi connectivity index (χ0v) is 7.92. The fourth-order valence-electron chi connectivity index (χ4n) is 1.10. The summed E-state index contributed by atoms with van der Waals surface area (Å²) < 4.78 is 0. The molecule has 74 valence electrons. The number of aromatic amines is 1. The van der Waals surface area contributed by atoms with E-state index in [1.54, 1.807) is 18.5 Å². The Bertz CT molecular complexity index is 496. The molecule has 2 rings (SSSR count). The zero-order chi connectivity index (χ0) is 10.5. The number of rotatable bonds is 2. The summed E-state index contributed by atoms with van der Waals surface area (Å²) in [5.41, 5.74) is 1.56. The molecule has 0 aliphatic carbocycles. The van der Waals surface area contributed by atoms with Crippen molar-refractivity contribution >= 4 is 12.2 Å². The molecule has 0 atom stereocenters. The Labute approximate surface area is 86.3 Å². The molecule has 0 spiro atoms. The molecule has 4 nitrogen and oxygen atoms in total. The standard InChI is InChI=1S/C11H9N3O/c15-11-4-3-10(13-14-11)2-1-9-5-7-12-8-6-9/h1-8H,(H,14,15). The van der Waals surface area contributed by atoms with Crippen molar-refractivity contribution in [3.05, 3.63) is 58.3 Å². The second kappa shape index (κ2) is 4.32. The Hall–Kier alpha value is -2.23. The van der Waals surface area contributed by atoms with Crippen LogP contribution in [0.4, 0.5) is 0 Å². The molecule has 2 aromatic rings. The highest BCUT2D eigenvalue weighted by Gasteiger charge is 1.88. The van der Waals surface area contributed by atoms with Crippen LogP contribution in [0.1, 0.15) is 11.3 Å². The Morgan fingerprint density at radius 3 is 2.53 bits per heavy atom. The van der Waals surface area contributed by atoms with Crippen LogP contribution in [0.2, 0.25) is 0 Å². The van der Waals surface area contributed by atoms with Gasteiger partial charge in [0.05, 0.1) is 5.69 Å². The first-order valence-corrected chi connectivity index (χ1v) is 4.48. The lowest BCUT2D eigenvalue weighted by Gasteiger charge is -1.91. The predicted molar refractivity (Wildman–Crippen MR) is 58.0 cm³/mol. The number of pyridine rings is 1. The third-order valence-corrected chi connectivity index (χ3v) is 1.85. The minimum absolute atomic E-state index is 0.198. The fourth-order valence-corrected chi connectivity index (χ4v) is 1.10.